The van der Waals surface area contributed by atoms with Crippen molar-refractivity contribution in [1.82, 2.24) is 19.8 Å². The number of aromatic nitrogens is 2. The fourth-order valence-corrected chi connectivity index (χ4v) is 6.17. The Kier molecular flexibility index (Phi) is 11.5. The highest BCUT2D eigenvalue weighted by atomic mass is 19.1. The molecule has 0 bridgehead atoms. The van der Waals surface area contributed by atoms with E-state index in [0.717, 1.165) is 87.1 Å². The summed E-state index contributed by atoms with van der Waals surface area (Å²) in [6.07, 6.45) is 6.07. The highest BCUT2D eigenvalue weighted by Gasteiger charge is 2.31. The highest BCUT2D eigenvalue weighted by molar-refractivity contribution is 6.04. The Labute approximate surface area is 265 Å². The summed E-state index contributed by atoms with van der Waals surface area (Å²) in [6, 6.07) is 12.4. The van der Waals surface area contributed by atoms with Crippen LogP contribution in [0, 0.1) is 29.0 Å². The molecular formula is C35H47FN6O3. The summed E-state index contributed by atoms with van der Waals surface area (Å²) in [4.78, 5) is 31.6. The van der Waals surface area contributed by atoms with Crippen molar-refractivity contribution in [2.24, 2.45) is 11.8 Å². The van der Waals surface area contributed by atoms with Gasteiger partial charge in [-0.1, -0.05) is 19.9 Å². The van der Waals surface area contributed by atoms with Gasteiger partial charge in [0.25, 0.3) is 5.91 Å². The molecule has 10 heteroatoms. The Balaban J connectivity index is 0.000000854. The third kappa shape index (κ3) is 8.75. The van der Waals surface area contributed by atoms with E-state index in [1.54, 1.807) is 6.07 Å². The molecule has 0 spiro atoms. The maximum atomic E-state index is 14.2. The van der Waals surface area contributed by atoms with Crippen LogP contribution in [-0.4, -0.2) is 63.5 Å². The van der Waals surface area contributed by atoms with Crippen LogP contribution in [0.2, 0.25) is 0 Å². The lowest BCUT2D eigenvalue weighted by Crippen LogP contribution is -2.41. The number of anilines is 1. The van der Waals surface area contributed by atoms with E-state index in [9.17, 15) is 19.1 Å². The quantitative estimate of drug-likeness (QED) is 0.272. The van der Waals surface area contributed by atoms with Crippen molar-refractivity contribution in [2.45, 2.75) is 90.4 Å². The molecule has 5 rings (SSSR count). The standard InChI is InChI=1S/C31H36FN5O3.C4H11N/c1-31(2,40)24-11-13-36(14-12-24)18-21-5-10-27-28(15-21)37(25-8-3-20(19-38)4-9-25)30(34-27)35-29(39)22-6-7-23(17-33)26(32)16-22;1-4(2)5-3/h5-7,10,15-16,19-20,24-25,40H,3-4,8-9,11-14,18H2,1-2H3,(H,34,35,39);4-5H,1-3H3. The Morgan fingerprint density at radius 1 is 1.13 bits per heavy atom. The Bertz CT molecular complexity index is 1510. The lowest BCUT2D eigenvalue weighted by molar-refractivity contribution is -0.112. The van der Waals surface area contributed by atoms with Crippen molar-refractivity contribution >= 4 is 29.2 Å². The molecule has 1 saturated heterocycles. The molecule has 1 saturated carbocycles. The van der Waals surface area contributed by atoms with E-state index >= 15 is 0 Å². The first kappa shape index (κ1) is 34.2. The van der Waals surface area contributed by atoms with Crippen molar-refractivity contribution in [3.63, 3.8) is 0 Å². The Morgan fingerprint density at radius 2 is 1.80 bits per heavy atom. The van der Waals surface area contributed by atoms with Crippen molar-refractivity contribution in [3.8, 4) is 6.07 Å². The van der Waals surface area contributed by atoms with Crippen LogP contribution in [-0.2, 0) is 11.3 Å². The van der Waals surface area contributed by atoms with E-state index in [0.29, 0.717) is 17.9 Å². The van der Waals surface area contributed by atoms with E-state index < -0.39 is 17.3 Å². The van der Waals surface area contributed by atoms with Crippen molar-refractivity contribution < 1.29 is 19.1 Å². The number of benzene rings is 2. The predicted octanol–water partition coefficient (Wildman–Crippen LogP) is 5.83. The molecule has 1 amide bonds. The second kappa shape index (κ2) is 15.1. The van der Waals surface area contributed by atoms with Crippen LogP contribution in [0.15, 0.2) is 36.4 Å². The van der Waals surface area contributed by atoms with Crippen LogP contribution in [0.5, 0.6) is 0 Å². The van der Waals surface area contributed by atoms with Crippen molar-refractivity contribution in [2.75, 3.05) is 25.5 Å². The molecule has 9 nitrogen and oxygen atoms in total. The van der Waals surface area contributed by atoms with Gasteiger partial charge in [0.1, 0.15) is 18.2 Å². The summed E-state index contributed by atoms with van der Waals surface area (Å²) in [7, 11) is 1.95. The normalized spacial score (nSPS) is 19.5. The zero-order valence-electron chi connectivity index (χ0n) is 27.1. The van der Waals surface area contributed by atoms with E-state index in [2.05, 4.69) is 46.1 Å². The molecule has 2 aliphatic rings. The number of amides is 1. The number of fused-ring (bicyclic) bond motifs is 1. The molecule has 3 N–H and O–H groups in total. The topological polar surface area (TPSA) is 123 Å². The zero-order chi connectivity index (χ0) is 32.7. The number of imidazole rings is 1. The molecule has 0 radical (unpaired) electrons. The minimum atomic E-state index is -0.743. The summed E-state index contributed by atoms with van der Waals surface area (Å²) in [5.74, 6) is -0.510. The molecule has 242 valence electrons. The average molecular weight is 619 g/mol. The number of rotatable bonds is 8. The van der Waals surface area contributed by atoms with Crippen LogP contribution in [0.4, 0.5) is 10.3 Å². The molecule has 2 fully saturated rings. The number of carbonyl (C=O) groups is 2. The second-order valence-corrected chi connectivity index (χ2v) is 13.2. The zero-order valence-corrected chi connectivity index (χ0v) is 27.1. The molecule has 45 heavy (non-hydrogen) atoms. The van der Waals surface area contributed by atoms with E-state index in [1.165, 1.54) is 12.1 Å². The number of nitrogens with zero attached hydrogens (tertiary/aromatic N) is 4. The van der Waals surface area contributed by atoms with E-state index in [-0.39, 0.29) is 23.1 Å². The lowest BCUT2D eigenvalue weighted by Gasteiger charge is -2.37. The largest absolute Gasteiger partial charge is 0.390 e. The van der Waals surface area contributed by atoms with Gasteiger partial charge in [0.2, 0.25) is 5.95 Å². The number of nitriles is 1. The molecule has 1 aromatic heterocycles. The summed E-state index contributed by atoms with van der Waals surface area (Å²) in [6.45, 7) is 10.6. The van der Waals surface area contributed by atoms with Crippen LogP contribution in [0.25, 0.3) is 11.0 Å². The SMILES string of the molecule is CC(C)(O)C1CCN(Cc2ccc3nc(NC(=O)c4ccc(C#N)c(F)c4)n(C4CCC(C=O)CC4)c3c2)CC1.CNC(C)C. The lowest BCUT2D eigenvalue weighted by atomic mass is 9.83. The molecular weight excluding hydrogens is 571 g/mol. The van der Waals surface area contributed by atoms with Gasteiger partial charge in [-0.05, 0) is 114 Å². The van der Waals surface area contributed by atoms with E-state index in [1.807, 2.05) is 27.0 Å². The molecule has 0 atom stereocenters. The third-order valence-electron chi connectivity index (χ3n) is 9.20. The summed E-state index contributed by atoms with van der Waals surface area (Å²) < 4.78 is 16.3. The monoisotopic (exact) mass is 618 g/mol. The number of halogens is 1. The summed E-state index contributed by atoms with van der Waals surface area (Å²) in [5, 5.41) is 25.3. The van der Waals surface area contributed by atoms with Gasteiger partial charge in [0.15, 0.2) is 0 Å². The number of aliphatic hydroxyl groups is 1. The third-order valence-corrected chi connectivity index (χ3v) is 9.20. The van der Waals surface area contributed by atoms with E-state index in [4.69, 9.17) is 10.2 Å². The van der Waals surface area contributed by atoms with Crippen LogP contribution < -0.4 is 10.6 Å². The minimum absolute atomic E-state index is 0.0492. The van der Waals surface area contributed by atoms with Crippen LogP contribution in [0.1, 0.15) is 93.7 Å². The number of hydrogen-bond donors (Lipinski definition) is 3. The van der Waals surface area contributed by atoms with Gasteiger partial charge in [-0.2, -0.15) is 5.26 Å². The minimum Gasteiger partial charge on any atom is -0.390 e. The van der Waals surface area contributed by atoms with Gasteiger partial charge in [-0.25, -0.2) is 9.37 Å². The van der Waals surface area contributed by atoms with Gasteiger partial charge in [0.05, 0.1) is 22.2 Å². The first-order valence-electron chi connectivity index (χ1n) is 16.0. The summed E-state index contributed by atoms with van der Waals surface area (Å²) >= 11 is 0. The van der Waals surface area contributed by atoms with Crippen molar-refractivity contribution in [3.05, 3.63) is 58.9 Å². The fourth-order valence-electron chi connectivity index (χ4n) is 6.17. The Morgan fingerprint density at radius 3 is 2.36 bits per heavy atom. The number of hydrogen-bond acceptors (Lipinski definition) is 7. The maximum absolute atomic E-state index is 14.2. The number of piperidine rings is 1. The van der Waals surface area contributed by atoms with Crippen LogP contribution >= 0.6 is 0 Å². The molecule has 3 aromatic rings. The van der Waals surface area contributed by atoms with Gasteiger partial charge >= 0.3 is 0 Å². The number of carbonyl (C=O) groups excluding carboxylic acids is 2. The van der Waals surface area contributed by atoms with Gasteiger partial charge in [-0.15, -0.1) is 0 Å². The average Bonchev–Trinajstić information content (AvgIpc) is 3.38. The smallest absolute Gasteiger partial charge is 0.258 e. The maximum Gasteiger partial charge on any atom is 0.258 e. The predicted molar refractivity (Wildman–Crippen MR) is 174 cm³/mol. The molecule has 2 aromatic carbocycles. The number of nitrogens with one attached hydrogen (secondary N) is 2. The first-order valence-corrected chi connectivity index (χ1v) is 16.0. The molecule has 2 heterocycles. The molecule has 1 aliphatic heterocycles. The molecule has 0 unspecified atom stereocenters. The highest BCUT2D eigenvalue weighted by Crippen LogP contribution is 2.37. The first-order chi connectivity index (χ1) is 21.4. The number of likely N-dealkylation sites (tertiary alicyclic amines) is 1. The van der Waals surface area contributed by atoms with Gasteiger partial charge in [-0.3, -0.25) is 15.0 Å². The van der Waals surface area contributed by atoms with Gasteiger partial charge < -0.3 is 19.8 Å². The Hall–Kier alpha value is -3.65. The molecule has 1 aliphatic carbocycles. The van der Waals surface area contributed by atoms with Gasteiger partial charge in [0, 0.05) is 30.1 Å². The van der Waals surface area contributed by atoms with Crippen LogP contribution in [0.3, 0.4) is 0 Å². The fraction of sp³-hybridized carbons (Fsp3) is 0.543. The summed E-state index contributed by atoms with van der Waals surface area (Å²) in [5.41, 5.74) is 2.14. The number of aldehydes is 1. The second-order valence-electron chi connectivity index (χ2n) is 13.2. The van der Waals surface area contributed by atoms with Crippen molar-refractivity contribution in [1.29, 1.82) is 5.26 Å².